The zero-order valence-corrected chi connectivity index (χ0v) is 15.6. The lowest BCUT2D eigenvalue weighted by atomic mass is 9.81. The maximum absolute atomic E-state index is 12.1. The van der Waals surface area contributed by atoms with E-state index in [2.05, 4.69) is 24.5 Å². The van der Waals surface area contributed by atoms with Gasteiger partial charge in [-0.3, -0.25) is 9.79 Å². The number of nitrogens with zero attached hydrogens (tertiary/aromatic N) is 2. The molecule has 0 bridgehead atoms. The maximum atomic E-state index is 12.1. The Bertz CT molecular complexity index is 404. The predicted molar refractivity (Wildman–Crippen MR) is 100 cm³/mol. The molecule has 0 aromatic carbocycles. The number of nitrogens with one attached hydrogen (secondary N) is 2. The molecule has 0 aromatic rings. The van der Waals surface area contributed by atoms with Crippen LogP contribution in [0.25, 0.3) is 0 Å². The van der Waals surface area contributed by atoms with Gasteiger partial charge in [-0.2, -0.15) is 0 Å². The lowest BCUT2D eigenvalue weighted by Crippen LogP contribution is -2.39. The first-order chi connectivity index (χ1) is 11.7. The quantitative estimate of drug-likeness (QED) is 0.555. The third kappa shape index (κ3) is 6.70. The van der Waals surface area contributed by atoms with Crippen molar-refractivity contribution in [3.05, 3.63) is 0 Å². The van der Waals surface area contributed by atoms with Gasteiger partial charge in [0.15, 0.2) is 5.96 Å². The largest absolute Gasteiger partial charge is 0.357 e. The number of likely N-dealkylation sites (tertiary alicyclic amines) is 1. The lowest BCUT2D eigenvalue weighted by molar-refractivity contribution is -0.129. The number of hydrogen-bond acceptors (Lipinski definition) is 2. The van der Waals surface area contributed by atoms with Crippen LogP contribution in [0.15, 0.2) is 4.99 Å². The highest BCUT2D eigenvalue weighted by molar-refractivity contribution is 5.81. The normalized spacial score (nSPS) is 24.9. The van der Waals surface area contributed by atoms with E-state index in [1.165, 1.54) is 32.1 Å². The minimum atomic E-state index is 0.270. The van der Waals surface area contributed by atoms with E-state index in [9.17, 15) is 4.79 Å². The van der Waals surface area contributed by atoms with Gasteiger partial charge in [-0.1, -0.05) is 26.2 Å². The average molecular weight is 337 g/mol. The molecule has 1 saturated heterocycles. The fraction of sp³-hybridized carbons (Fsp3) is 0.895. The number of carbonyl (C=O) groups excluding carboxylic acids is 1. The summed E-state index contributed by atoms with van der Waals surface area (Å²) in [6.45, 7) is 8.73. The molecule has 2 rings (SSSR count). The molecule has 2 N–H and O–H groups in total. The molecule has 0 radical (unpaired) electrons. The van der Waals surface area contributed by atoms with Gasteiger partial charge in [-0.25, -0.2) is 0 Å². The third-order valence-electron chi connectivity index (χ3n) is 5.29. The summed E-state index contributed by atoms with van der Waals surface area (Å²) in [6, 6.07) is 0. The Hall–Kier alpha value is -1.26. The Kier molecular flexibility index (Phi) is 8.40. The van der Waals surface area contributed by atoms with E-state index < -0.39 is 0 Å². The second kappa shape index (κ2) is 10.6. The molecule has 0 aromatic heterocycles. The predicted octanol–water partition coefficient (Wildman–Crippen LogP) is 2.77. The van der Waals surface area contributed by atoms with Crippen molar-refractivity contribution in [3.8, 4) is 0 Å². The Morgan fingerprint density at radius 2 is 1.96 bits per heavy atom. The smallest absolute Gasteiger partial charge is 0.224 e. The Balaban J connectivity index is 1.66. The second-order valence-corrected chi connectivity index (χ2v) is 7.45. The summed E-state index contributed by atoms with van der Waals surface area (Å²) in [5, 5.41) is 6.60. The molecule has 24 heavy (non-hydrogen) atoms. The van der Waals surface area contributed by atoms with Crippen molar-refractivity contribution in [3.63, 3.8) is 0 Å². The molecule has 1 saturated carbocycles. The van der Waals surface area contributed by atoms with Crippen molar-refractivity contribution >= 4 is 11.9 Å². The van der Waals surface area contributed by atoms with Crippen LogP contribution in [0.2, 0.25) is 0 Å². The molecular formula is C19H36N4O. The summed E-state index contributed by atoms with van der Waals surface area (Å²) >= 11 is 0. The van der Waals surface area contributed by atoms with Gasteiger partial charge < -0.3 is 15.5 Å². The van der Waals surface area contributed by atoms with Crippen LogP contribution in [0.4, 0.5) is 0 Å². The van der Waals surface area contributed by atoms with Crippen LogP contribution in [0.1, 0.15) is 65.2 Å². The van der Waals surface area contributed by atoms with Crippen molar-refractivity contribution < 1.29 is 4.79 Å². The van der Waals surface area contributed by atoms with Gasteiger partial charge in [0.2, 0.25) is 5.91 Å². The first-order valence-electron chi connectivity index (χ1n) is 9.99. The van der Waals surface area contributed by atoms with E-state index in [0.29, 0.717) is 13.0 Å². The van der Waals surface area contributed by atoms with Crippen molar-refractivity contribution in [2.75, 3.05) is 32.7 Å². The zero-order valence-electron chi connectivity index (χ0n) is 15.6. The summed E-state index contributed by atoms with van der Waals surface area (Å²) in [7, 11) is 0. The molecular weight excluding hydrogens is 300 g/mol. The highest BCUT2D eigenvalue weighted by Gasteiger charge is 2.19. The summed E-state index contributed by atoms with van der Waals surface area (Å²) in [5.74, 6) is 2.86. The van der Waals surface area contributed by atoms with E-state index in [1.807, 2.05) is 4.90 Å². The van der Waals surface area contributed by atoms with Crippen LogP contribution in [0.5, 0.6) is 0 Å². The summed E-state index contributed by atoms with van der Waals surface area (Å²) in [4.78, 5) is 18.7. The van der Waals surface area contributed by atoms with E-state index in [4.69, 9.17) is 4.99 Å². The van der Waals surface area contributed by atoms with Crippen molar-refractivity contribution in [1.29, 1.82) is 0 Å². The van der Waals surface area contributed by atoms with Gasteiger partial charge in [0.25, 0.3) is 0 Å². The molecule has 1 amide bonds. The van der Waals surface area contributed by atoms with E-state index in [0.717, 1.165) is 56.8 Å². The number of guanidine groups is 1. The highest BCUT2D eigenvalue weighted by Crippen LogP contribution is 2.30. The van der Waals surface area contributed by atoms with Crippen molar-refractivity contribution in [1.82, 2.24) is 15.5 Å². The standard InChI is InChI=1S/C19H36N4O/c1-3-20-19(21-11-9-17-8-6-7-16(2)15-17)22-12-10-18(24)23-13-4-5-14-23/h16-17H,3-15H2,1-2H3,(H2,20,21,22). The fourth-order valence-electron chi connectivity index (χ4n) is 3.94. The Labute approximate surface area is 147 Å². The zero-order chi connectivity index (χ0) is 17.2. The van der Waals surface area contributed by atoms with E-state index in [-0.39, 0.29) is 5.91 Å². The minimum absolute atomic E-state index is 0.270. The molecule has 1 heterocycles. The Morgan fingerprint density at radius 1 is 1.17 bits per heavy atom. The van der Waals surface area contributed by atoms with E-state index in [1.54, 1.807) is 0 Å². The molecule has 2 atom stereocenters. The number of rotatable bonds is 7. The molecule has 1 aliphatic carbocycles. The highest BCUT2D eigenvalue weighted by atomic mass is 16.2. The summed E-state index contributed by atoms with van der Waals surface area (Å²) in [5.41, 5.74) is 0. The van der Waals surface area contributed by atoms with Gasteiger partial charge in [0.05, 0.1) is 0 Å². The average Bonchev–Trinajstić information content (AvgIpc) is 3.09. The van der Waals surface area contributed by atoms with Gasteiger partial charge >= 0.3 is 0 Å². The SMILES string of the molecule is CCNC(=NCCC1CCCC(C)C1)NCCC(=O)N1CCCC1. The minimum Gasteiger partial charge on any atom is -0.357 e. The fourth-order valence-corrected chi connectivity index (χ4v) is 3.94. The van der Waals surface area contributed by atoms with Crippen molar-refractivity contribution in [2.45, 2.75) is 65.2 Å². The molecule has 1 aliphatic heterocycles. The lowest BCUT2D eigenvalue weighted by Gasteiger charge is -2.26. The number of carbonyl (C=O) groups is 1. The topological polar surface area (TPSA) is 56.7 Å². The first kappa shape index (κ1) is 19.1. The van der Waals surface area contributed by atoms with Crippen LogP contribution in [0, 0.1) is 11.8 Å². The Morgan fingerprint density at radius 3 is 2.67 bits per heavy atom. The van der Waals surface area contributed by atoms with Crippen LogP contribution in [-0.2, 0) is 4.79 Å². The van der Waals surface area contributed by atoms with Gasteiger partial charge in [0, 0.05) is 39.1 Å². The monoisotopic (exact) mass is 336 g/mol. The van der Waals surface area contributed by atoms with Crippen molar-refractivity contribution in [2.24, 2.45) is 16.8 Å². The molecule has 5 heteroatoms. The first-order valence-corrected chi connectivity index (χ1v) is 9.99. The molecule has 138 valence electrons. The van der Waals surface area contributed by atoms with Crippen LogP contribution in [-0.4, -0.2) is 49.5 Å². The molecule has 2 fully saturated rings. The maximum Gasteiger partial charge on any atom is 0.224 e. The molecule has 2 unspecified atom stereocenters. The third-order valence-corrected chi connectivity index (χ3v) is 5.29. The second-order valence-electron chi connectivity index (χ2n) is 7.45. The van der Waals surface area contributed by atoms with Gasteiger partial charge in [-0.05, 0) is 44.4 Å². The molecule has 5 nitrogen and oxygen atoms in total. The van der Waals surface area contributed by atoms with Crippen LogP contribution in [0.3, 0.4) is 0 Å². The number of aliphatic imine (C=N–C) groups is 1. The summed E-state index contributed by atoms with van der Waals surface area (Å²) in [6.07, 6.45) is 9.57. The number of amides is 1. The van der Waals surface area contributed by atoms with Gasteiger partial charge in [-0.15, -0.1) is 0 Å². The summed E-state index contributed by atoms with van der Waals surface area (Å²) < 4.78 is 0. The molecule has 0 spiro atoms. The van der Waals surface area contributed by atoms with Gasteiger partial charge in [0.1, 0.15) is 0 Å². The molecule has 2 aliphatic rings. The van der Waals surface area contributed by atoms with E-state index >= 15 is 0 Å². The van der Waals surface area contributed by atoms with Crippen LogP contribution >= 0.6 is 0 Å². The van der Waals surface area contributed by atoms with Crippen LogP contribution < -0.4 is 10.6 Å². The number of hydrogen-bond donors (Lipinski definition) is 2.